The number of rotatable bonds is 29. The molecule has 0 amide bonds. The van der Waals surface area contributed by atoms with Crippen LogP contribution in [0.1, 0.15) is 143 Å². The quantitative estimate of drug-likeness (QED) is 0.0459. The molecule has 0 spiro atoms. The van der Waals surface area contributed by atoms with Gasteiger partial charge in [-0.1, -0.05) is 117 Å². The van der Waals surface area contributed by atoms with Gasteiger partial charge in [-0.15, -0.1) is 0 Å². The minimum Gasteiger partial charge on any atom is -0.490 e. The van der Waals surface area contributed by atoms with Crippen LogP contribution in [0.25, 0.3) is 12.2 Å². The van der Waals surface area contributed by atoms with Gasteiger partial charge < -0.3 is 18.9 Å². The predicted octanol–water partition coefficient (Wildman–Crippen LogP) is 11.7. The second-order valence-corrected chi connectivity index (χ2v) is 14.3. The first-order valence-corrected chi connectivity index (χ1v) is 20.3. The van der Waals surface area contributed by atoms with Gasteiger partial charge in [0.1, 0.15) is 12.1 Å². The summed E-state index contributed by atoms with van der Waals surface area (Å²) in [6.45, 7) is 13.3. The fourth-order valence-corrected chi connectivity index (χ4v) is 5.97. The summed E-state index contributed by atoms with van der Waals surface area (Å²) < 4.78 is 23.6. The van der Waals surface area contributed by atoms with Crippen molar-refractivity contribution in [2.75, 3.05) is 26.4 Å². The largest absolute Gasteiger partial charge is 0.490 e. The Hall–Kier alpha value is -4.56. The normalized spacial score (nSPS) is 11.7. The Labute approximate surface area is 325 Å². The first-order valence-electron chi connectivity index (χ1n) is 20.3. The fourth-order valence-electron chi connectivity index (χ4n) is 5.97. The monoisotopic (exact) mass is 740 g/mol. The molecule has 0 atom stereocenters. The lowest BCUT2D eigenvalue weighted by atomic mass is 10.00. The zero-order valence-corrected chi connectivity index (χ0v) is 33.8. The van der Waals surface area contributed by atoms with Crippen molar-refractivity contribution in [2.24, 2.45) is 11.8 Å². The highest BCUT2D eigenvalue weighted by Crippen LogP contribution is 2.31. The van der Waals surface area contributed by atoms with E-state index in [2.05, 4.69) is 0 Å². The zero-order valence-electron chi connectivity index (χ0n) is 33.8. The van der Waals surface area contributed by atoms with E-state index in [1.807, 2.05) is 62.4 Å². The molecular weight excluding hydrogens is 677 g/mol. The molecule has 0 aliphatic rings. The molecule has 2 aromatic carbocycles. The van der Waals surface area contributed by atoms with E-state index < -0.39 is 0 Å². The van der Waals surface area contributed by atoms with Crippen molar-refractivity contribution < 1.29 is 28.5 Å². The number of ketones is 2. The summed E-state index contributed by atoms with van der Waals surface area (Å²) in [6, 6.07) is 15.1. The highest BCUT2D eigenvalue weighted by Gasteiger charge is 2.16. The molecule has 0 fully saturated rings. The molecule has 294 valence electrons. The zero-order chi connectivity index (χ0) is 39.6. The van der Waals surface area contributed by atoms with Gasteiger partial charge in [-0.05, 0) is 74.2 Å². The topological polar surface area (TPSA) is 119 Å². The van der Waals surface area contributed by atoms with Crippen LogP contribution >= 0.6 is 0 Å². The molecule has 0 N–H and O–H groups in total. The van der Waals surface area contributed by atoms with Crippen LogP contribution in [-0.2, 0) is 9.59 Å². The molecular formula is C46H64N2O6. The number of benzene rings is 2. The summed E-state index contributed by atoms with van der Waals surface area (Å²) in [6.07, 6.45) is 20.3. The van der Waals surface area contributed by atoms with Crippen LogP contribution in [0.2, 0.25) is 0 Å². The Bertz CT molecular complexity index is 1460. The number of nitrogens with zero attached hydrogens (tertiary/aromatic N) is 2. The van der Waals surface area contributed by atoms with Crippen LogP contribution in [-0.4, -0.2) is 38.0 Å². The van der Waals surface area contributed by atoms with Gasteiger partial charge >= 0.3 is 0 Å². The molecule has 8 nitrogen and oxygen atoms in total. The first-order chi connectivity index (χ1) is 26.1. The smallest absolute Gasteiger partial charge is 0.175 e. The summed E-state index contributed by atoms with van der Waals surface area (Å²) in [5, 5.41) is 18.8. The number of carbonyl (C=O) groups is 2. The number of hydrogen-bond donors (Lipinski definition) is 0. The number of allylic oxidation sites excluding steroid dienone is 2. The van der Waals surface area contributed by atoms with Crippen molar-refractivity contribution in [3.8, 4) is 35.1 Å². The Morgan fingerprint density at radius 3 is 1.11 bits per heavy atom. The fraction of sp³-hybridized carbons (Fsp3) is 0.565. The van der Waals surface area contributed by atoms with E-state index in [1.54, 1.807) is 39.8 Å². The average molecular weight is 741 g/mol. The van der Waals surface area contributed by atoms with Crippen LogP contribution in [0.3, 0.4) is 0 Å². The highest BCUT2D eigenvalue weighted by molar-refractivity contribution is 6.04. The van der Waals surface area contributed by atoms with Crippen LogP contribution < -0.4 is 18.9 Å². The SMILES string of the molecule is CCOc1cc(C=C(C#N)C(=O)C(C)C)ccc1OCCCCCCCCCCCCCCCCOc1ccc(C=C(C#N)C(=O)C(C)C)cc1OCC. The molecule has 2 aromatic rings. The molecule has 0 heterocycles. The maximum Gasteiger partial charge on any atom is 0.175 e. The van der Waals surface area contributed by atoms with Crippen molar-refractivity contribution in [1.82, 2.24) is 0 Å². The van der Waals surface area contributed by atoms with Gasteiger partial charge in [-0.25, -0.2) is 0 Å². The third-order valence-corrected chi connectivity index (χ3v) is 9.03. The van der Waals surface area contributed by atoms with Crippen molar-refractivity contribution >= 4 is 23.7 Å². The molecule has 0 aliphatic carbocycles. The van der Waals surface area contributed by atoms with Gasteiger partial charge in [0.05, 0.1) is 37.6 Å². The molecule has 0 aliphatic heterocycles. The minimum atomic E-state index is -0.230. The Balaban J connectivity index is 1.52. The summed E-state index contributed by atoms with van der Waals surface area (Å²) in [5.41, 5.74) is 1.79. The number of nitriles is 2. The van der Waals surface area contributed by atoms with Gasteiger partial charge in [0.2, 0.25) is 0 Å². The minimum absolute atomic E-state index is 0.148. The summed E-state index contributed by atoms with van der Waals surface area (Å²) in [5.74, 6) is 1.85. The standard InChI is InChI=1S/C46H64N2O6/c1-7-51-43-31-37(29-39(33-47)45(49)35(3)4)23-25-41(43)53-27-21-19-17-15-13-11-9-10-12-14-16-18-20-22-28-54-42-26-24-38(32-44(42)52-8-2)30-40(34-48)46(50)36(5)6/h23-26,29-32,35-36H,7-22,27-28H2,1-6H3. The van der Waals surface area contributed by atoms with Gasteiger partial charge in [0.25, 0.3) is 0 Å². The molecule has 54 heavy (non-hydrogen) atoms. The van der Waals surface area contributed by atoms with Crippen molar-refractivity contribution in [3.63, 3.8) is 0 Å². The molecule has 0 aromatic heterocycles. The lowest BCUT2D eigenvalue weighted by Crippen LogP contribution is -2.08. The summed E-state index contributed by atoms with van der Waals surface area (Å²) >= 11 is 0. The predicted molar refractivity (Wildman–Crippen MR) is 218 cm³/mol. The second-order valence-electron chi connectivity index (χ2n) is 14.3. The summed E-state index contributed by atoms with van der Waals surface area (Å²) in [4.78, 5) is 24.5. The molecule has 0 unspecified atom stereocenters. The van der Waals surface area contributed by atoms with E-state index in [0.29, 0.717) is 49.4 Å². The average Bonchev–Trinajstić information content (AvgIpc) is 3.16. The molecule has 0 radical (unpaired) electrons. The van der Waals surface area contributed by atoms with Crippen molar-refractivity contribution in [2.45, 2.75) is 131 Å². The lowest BCUT2D eigenvalue weighted by molar-refractivity contribution is -0.118. The van der Waals surface area contributed by atoms with Crippen LogP contribution in [0, 0.1) is 34.5 Å². The Morgan fingerprint density at radius 2 is 0.833 bits per heavy atom. The maximum absolute atomic E-state index is 12.3. The van der Waals surface area contributed by atoms with E-state index in [4.69, 9.17) is 18.9 Å². The van der Waals surface area contributed by atoms with Gasteiger partial charge in [-0.2, -0.15) is 10.5 Å². The third-order valence-electron chi connectivity index (χ3n) is 9.03. The van der Waals surface area contributed by atoms with Gasteiger partial charge in [-0.3, -0.25) is 9.59 Å². The highest BCUT2D eigenvalue weighted by atomic mass is 16.5. The maximum atomic E-state index is 12.3. The van der Waals surface area contributed by atoms with Crippen molar-refractivity contribution in [1.29, 1.82) is 10.5 Å². The number of carbonyl (C=O) groups excluding carboxylic acids is 2. The van der Waals surface area contributed by atoms with Crippen LogP contribution in [0.15, 0.2) is 47.5 Å². The Morgan fingerprint density at radius 1 is 0.519 bits per heavy atom. The summed E-state index contributed by atoms with van der Waals surface area (Å²) in [7, 11) is 0. The molecule has 8 heteroatoms. The lowest BCUT2D eigenvalue weighted by Gasteiger charge is -2.13. The molecule has 0 saturated carbocycles. The molecule has 0 saturated heterocycles. The number of hydrogen-bond acceptors (Lipinski definition) is 8. The van der Waals surface area contributed by atoms with E-state index in [-0.39, 0.29) is 34.5 Å². The van der Waals surface area contributed by atoms with Crippen molar-refractivity contribution in [3.05, 3.63) is 58.7 Å². The van der Waals surface area contributed by atoms with E-state index in [1.165, 1.54) is 64.2 Å². The van der Waals surface area contributed by atoms with Crippen LogP contribution in [0.5, 0.6) is 23.0 Å². The van der Waals surface area contributed by atoms with E-state index in [9.17, 15) is 20.1 Å². The number of unbranched alkanes of at least 4 members (excludes halogenated alkanes) is 13. The molecule has 0 bridgehead atoms. The second kappa shape index (κ2) is 27.1. The van der Waals surface area contributed by atoms with Gasteiger partial charge in [0, 0.05) is 11.8 Å². The Kier molecular flexibility index (Phi) is 22.9. The van der Waals surface area contributed by atoms with E-state index >= 15 is 0 Å². The number of ether oxygens (including phenoxy) is 4. The van der Waals surface area contributed by atoms with E-state index in [0.717, 1.165) is 36.8 Å². The first kappa shape index (κ1) is 45.6. The molecule has 2 rings (SSSR count). The third kappa shape index (κ3) is 17.5. The number of Topliss-reactive ketones (excluding diaryl/α,β-unsaturated/α-hetero) is 2. The van der Waals surface area contributed by atoms with Crippen LogP contribution in [0.4, 0.5) is 0 Å². The van der Waals surface area contributed by atoms with Gasteiger partial charge in [0.15, 0.2) is 34.6 Å².